The van der Waals surface area contributed by atoms with E-state index in [9.17, 15) is 0 Å². The van der Waals surface area contributed by atoms with E-state index in [4.69, 9.17) is 17.3 Å². The van der Waals surface area contributed by atoms with Gasteiger partial charge in [0.05, 0.1) is 0 Å². The lowest BCUT2D eigenvalue weighted by Crippen LogP contribution is -2.52. The van der Waals surface area contributed by atoms with E-state index >= 15 is 0 Å². The second kappa shape index (κ2) is 3.80. The first-order valence-corrected chi connectivity index (χ1v) is 5.90. The van der Waals surface area contributed by atoms with E-state index in [2.05, 4.69) is 19.1 Å². The number of hydrogen-bond donors (Lipinski definition) is 1. The van der Waals surface area contributed by atoms with Gasteiger partial charge in [-0.05, 0) is 49.3 Å². The smallest absolute Gasteiger partial charge is 0.0435 e. The highest BCUT2D eigenvalue weighted by Gasteiger charge is 2.38. The molecule has 1 aromatic rings. The summed E-state index contributed by atoms with van der Waals surface area (Å²) in [5.41, 5.74) is 8.78. The molecule has 2 heteroatoms. The Balaban J connectivity index is 2.08. The molecule has 2 rings (SSSR count). The molecule has 0 aromatic heterocycles. The quantitative estimate of drug-likeness (QED) is 0.818. The summed E-state index contributed by atoms with van der Waals surface area (Å²) in [7, 11) is 0. The van der Waals surface area contributed by atoms with Crippen LogP contribution in [0.4, 0.5) is 0 Å². The zero-order valence-corrected chi connectivity index (χ0v) is 10.1. The normalized spacial score (nSPS) is 30.0. The molecule has 0 heterocycles. The van der Waals surface area contributed by atoms with Crippen LogP contribution in [0.25, 0.3) is 0 Å². The fourth-order valence-electron chi connectivity index (χ4n) is 2.70. The number of halogens is 1. The molecule has 0 bridgehead atoms. The molecule has 15 heavy (non-hydrogen) atoms. The lowest BCUT2D eigenvalue weighted by molar-refractivity contribution is 0.163. The first-order valence-electron chi connectivity index (χ1n) is 5.52. The Labute approximate surface area is 96.6 Å². The molecule has 1 nitrogen and oxygen atoms in total. The van der Waals surface area contributed by atoms with E-state index in [1.807, 2.05) is 13.0 Å². The number of nitrogens with two attached hydrogens (primary N) is 1. The summed E-state index contributed by atoms with van der Waals surface area (Å²) in [6.45, 7) is 4.30. The number of benzene rings is 1. The van der Waals surface area contributed by atoms with Crippen LogP contribution in [0.1, 0.15) is 30.9 Å². The van der Waals surface area contributed by atoms with Gasteiger partial charge in [-0.15, -0.1) is 0 Å². The summed E-state index contributed by atoms with van der Waals surface area (Å²) >= 11 is 5.99. The van der Waals surface area contributed by atoms with Crippen molar-refractivity contribution < 1.29 is 0 Å². The molecule has 1 saturated carbocycles. The lowest BCUT2D eigenvalue weighted by Gasteiger charge is -2.43. The Kier molecular flexibility index (Phi) is 2.78. The van der Waals surface area contributed by atoms with Crippen molar-refractivity contribution in [1.82, 2.24) is 0 Å². The third kappa shape index (κ3) is 2.35. The maximum Gasteiger partial charge on any atom is 0.0435 e. The first kappa shape index (κ1) is 11.0. The highest BCUT2D eigenvalue weighted by atomic mass is 35.5. The van der Waals surface area contributed by atoms with Crippen LogP contribution >= 0.6 is 11.6 Å². The monoisotopic (exact) mass is 223 g/mol. The molecule has 0 spiro atoms. The van der Waals surface area contributed by atoms with Gasteiger partial charge < -0.3 is 5.73 Å². The minimum atomic E-state index is 0.0414. The third-order valence-corrected chi connectivity index (χ3v) is 3.71. The number of hydrogen-bond acceptors (Lipinski definition) is 1. The summed E-state index contributed by atoms with van der Waals surface area (Å²) < 4.78 is 0. The van der Waals surface area contributed by atoms with Crippen molar-refractivity contribution >= 4 is 11.6 Å². The molecule has 1 aliphatic carbocycles. The van der Waals surface area contributed by atoms with Crippen molar-refractivity contribution in [1.29, 1.82) is 0 Å². The average molecular weight is 224 g/mol. The van der Waals surface area contributed by atoms with E-state index in [1.165, 1.54) is 5.56 Å². The topological polar surface area (TPSA) is 26.0 Å². The number of rotatable bonds is 2. The zero-order valence-electron chi connectivity index (χ0n) is 9.39. The molecule has 82 valence electrons. The molecule has 0 saturated heterocycles. The van der Waals surface area contributed by atoms with Crippen LogP contribution in [-0.4, -0.2) is 5.54 Å². The van der Waals surface area contributed by atoms with E-state index in [-0.39, 0.29) is 5.54 Å². The van der Waals surface area contributed by atoms with E-state index in [0.29, 0.717) is 0 Å². The van der Waals surface area contributed by atoms with E-state index < -0.39 is 0 Å². The Bertz CT molecular complexity index is 367. The van der Waals surface area contributed by atoms with Gasteiger partial charge in [-0.3, -0.25) is 0 Å². The summed E-state index contributed by atoms with van der Waals surface area (Å²) in [4.78, 5) is 0. The SMILES string of the molecule is Cc1cc(CC2(N)CC(C)C2)ccc1Cl. The highest BCUT2D eigenvalue weighted by molar-refractivity contribution is 6.31. The molecule has 1 fully saturated rings. The maximum absolute atomic E-state index is 6.28. The van der Waals surface area contributed by atoms with Crippen molar-refractivity contribution in [2.75, 3.05) is 0 Å². The maximum atomic E-state index is 6.28. The highest BCUT2D eigenvalue weighted by Crippen LogP contribution is 2.37. The molecular formula is C13H18ClN. The van der Waals surface area contributed by atoms with E-state index in [1.54, 1.807) is 0 Å². The molecule has 0 amide bonds. The zero-order chi connectivity index (χ0) is 11.1. The van der Waals surface area contributed by atoms with Crippen LogP contribution in [0.2, 0.25) is 5.02 Å². The Morgan fingerprint density at radius 2 is 2.13 bits per heavy atom. The van der Waals surface area contributed by atoms with Gasteiger partial charge in [0.25, 0.3) is 0 Å². The van der Waals surface area contributed by atoms with Gasteiger partial charge in [-0.2, -0.15) is 0 Å². The minimum Gasteiger partial charge on any atom is -0.325 e. The summed E-state index contributed by atoms with van der Waals surface area (Å²) in [5, 5.41) is 0.840. The molecule has 1 aliphatic rings. The van der Waals surface area contributed by atoms with Crippen LogP contribution in [0, 0.1) is 12.8 Å². The second-order valence-electron chi connectivity index (χ2n) is 5.14. The number of aryl methyl sites for hydroxylation is 1. The lowest BCUT2D eigenvalue weighted by atomic mass is 9.67. The van der Waals surface area contributed by atoms with Gasteiger partial charge in [0.2, 0.25) is 0 Å². The Hall–Kier alpha value is -0.530. The minimum absolute atomic E-state index is 0.0414. The molecule has 2 N–H and O–H groups in total. The average Bonchev–Trinajstić information content (AvgIpc) is 2.09. The van der Waals surface area contributed by atoms with Gasteiger partial charge >= 0.3 is 0 Å². The van der Waals surface area contributed by atoms with Gasteiger partial charge in [0.15, 0.2) is 0 Å². The van der Waals surface area contributed by atoms with Gasteiger partial charge in [0.1, 0.15) is 0 Å². The largest absolute Gasteiger partial charge is 0.325 e. The van der Waals surface area contributed by atoms with Crippen LogP contribution in [0.15, 0.2) is 18.2 Å². The van der Waals surface area contributed by atoms with E-state index in [0.717, 1.165) is 35.8 Å². The van der Waals surface area contributed by atoms with Crippen molar-refractivity contribution in [3.8, 4) is 0 Å². The molecule has 0 aliphatic heterocycles. The summed E-state index contributed by atoms with van der Waals surface area (Å²) in [6.07, 6.45) is 3.28. The molecule has 0 radical (unpaired) electrons. The summed E-state index contributed by atoms with van der Waals surface area (Å²) in [5.74, 6) is 0.795. The van der Waals surface area contributed by atoms with Crippen LogP contribution < -0.4 is 5.73 Å². The predicted molar refractivity (Wildman–Crippen MR) is 65.2 cm³/mol. The van der Waals surface area contributed by atoms with Gasteiger partial charge in [0, 0.05) is 10.6 Å². The molecular weight excluding hydrogens is 206 g/mol. The van der Waals surface area contributed by atoms with Crippen LogP contribution in [0.5, 0.6) is 0 Å². The van der Waals surface area contributed by atoms with Crippen molar-refractivity contribution in [2.45, 2.75) is 38.6 Å². The third-order valence-electron chi connectivity index (χ3n) is 3.29. The van der Waals surface area contributed by atoms with Gasteiger partial charge in [-0.1, -0.05) is 30.7 Å². The molecule has 1 aromatic carbocycles. The van der Waals surface area contributed by atoms with Crippen molar-refractivity contribution in [3.05, 3.63) is 34.3 Å². The van der Waals surface area contributed by atoms with Crippen LogP contribution in [0.3, 0.4) is 0 Å². The summed E-state index contributed by atoms with van der Waals surface area (Å²) in [6, 6.07) is 6.21. The van der Waals surface area contributed by atoms with Crippen molar-refractivity contribution in [2.24, 2.45) is 11.7 Å². The predicted octanol–water partition coefficient (Wildman–Crippen LogP) is 3.32. The fraction of sp³-hybridized carbons (Fsp3) is 0.538. The second-order valence-corrected chi connectivity index (χ2v) is 5.54. The van der Waals surface area contributed by atoms with Gasteiger partial charge in [-0.25, -0.2) is 0 Å². The Morgan fingerprint density at radius 1 is 1.47 bits per heavy atom. The first-order chi connectivity index (χ1) is 6.98. The molecule has 0 atom stereocenters. The Morgan fingerprint density at radius 3 is 2.67 bits per heavy atom. The van der Waals surface area contributed by atoms with Crippen molar-refractivity contribution in [3.63, 3.8) is 0 Å². The molecule has 0 unspecified atom stereocenters. The fourth-order valence-corrected chi connectivity index (χ4v) is 2.81. The van der Waals surface area contributed by atoms with Crippen LogP contribution in [-0.2, 0) is 6.42 Å². The standard InChI is InChI=1S/C13H18ClN/c1-9-6-13(15,7-9)8-11-3-4-12(14)10(2)5-11/h3-5,9H,6-8,15H2,1-2H3.